The molecule has 0 aliphatic rings. The van der Waals surface area contributed by atoms with E-state index in [0.29, 0.717) is 5.56 Å². The van der Waals surface area contributed by atoms with Crippen LogP contribution in [0.4, 0.5) is 0 Å². The van der Waals surface area contributed by atoms with Crippen LogP contribution in [0.2, 0.25) is 0 Å². The Bertz CT molecular complexity index is 406. The van der Waals surface area contributed by atoms with Crippen LogP contribution in [0, 0.1) is 0 Å². The number of aliphatic carboxylic acids is 2. The quantitative estimate of drug-likeness (QED) is 0.519. The monoisotopic (exact) mass is 271 g/mol. The number of hydrogen-bond acceptors (Lipinski definition) is 5. The van der Waals surface area contributed by atoms with Crippen molar-refractivity contribution >= 4 is 11.9 Å². The molecule has 0 aliphatic heterocycles. The summed E-state index contributed by atoms with van der Waals surface area (Å²) in [4.78, 5) is 19.3. The van der Waals surface area contributed by atoms with E-state index in [0.717, 1.165) is 0 Å². The van der Waals surface area contributed by atoms with Gasteiger partial charge in [0.15, 0.2) is 0 Å². The van der Waals surface area contributed by atoms with Crippen LogP contribution in [-0.2, 0) is 9.59 Å². The second-order valence-corrected chi connectivity index (χ2v) is 3.63. The van der Waals surface area contributed by atoms with Gasteiger partial charge in [-0.2, -0.15) is 0 Å². The molecule has 1 atom stereocenters. The van der Waals surface area contributed by atoms with E-state index in [4.69, 9.17) is 21.1 Å². The molecule has 1 unspecified atom stereocenters. The molecule has 19 heavy (non-hydrogen) atoms. The first-order valence-electron chi connectivity index (χ1n) is 5.47. The van der Waals surface area contributed by atoms with Crippen LogP contribution in [-0.4, -0.2) is 38.9 Å². The van der Waals surface area contributed by atoms with Crippen LogP contribution in [0.3, 0.4) is 0 Å². The molecule has 0 saturated heterocycles. The molecule has 0 radical (unpaired) electrons. The van der Waals surface area contributed by atoms with E-state index < -0.39 is 18.0 Å². The maximum Gasteiger partial charge on any atom is 0.303 e. The molecule has 0 saturated carbocycles. The number of aliphatic hydroxyl groups excluding tert-OH is 1. The second kappa shape index (κ2) is 8.90. The predicted octanol–water partition coefficient (Wildman–Crippen LogP) is 0.320. The fraction of sp³-hybridized carbons (Fsp3) is 0.333. The lowest BCUT2D eigenvalue weighted by molar-refractivity contribution is -0.143. The first-order valence-corrected chi connectivity index (χ1v) is 5.47. The number of carbonyl (C=O) groups is 2. The Hall–Kier alpha value is -2.12. The summed E-state index contributed by atoms with van der Waals surface area (Å²) in [6.45, 7) is 0.170. The third kappa shape index (κ3) is 8.58. The van der Waals surface area contributed by atoms with Crippen LogP contribution >= 0.6 is 0 Å². The maximum absolute atomic E-state index is 9.64. The highest BCUT2D eigenvalue weighted by atomic mass is 16.4. The van der Waals surface area contributed by atoms with E-state index >= 15 is 0 Å². The first-order chi connectivity index (χ1) is 8.86. The van der Waals surface area contributed by atoms with Crippen molar-refractivity contribution in [2.45, 2.75) is 18.9 Å². The fourth-order valence-electron chi connectivity index (χ4n) is 1.08. The number of carboxylic acids is 2. The zero-order chi connectivity index (χ0) is 14.8. The predicted molar refractivity (Wildman–Crippen MR) is 66.6 cm³/mol. The Morgan fingerprint density at radius 1 is 1.16 bits per heavy atom. The molecule has 7 heteroatoms. The van der Waals surface area contributed by atoms with E-state index in [1.165, 1.54) is 6.07 Å². The molecule has 1 rings (SSSR count). The van der Waals surface area contributed by atoms with E-state index in [1.54, 1.807) is 18.2 Å². The lowest BCUT2D eigenvalue weighted by Crippen LogP contribution is -2.11. The number of hydrogen-bond donors (Lipinski definition) is 5. The number of carboxylic acid groups (broad SMARTS) is 2. The summed E-state index contributed by atoms with van der Waals surface area (Å²) < 4.78 is 0. The van der Waals surface area contributed by atoms with Gasteiger partial charge in [-0.05, 0) is 17.7 Å². The molecule has 7 nitrogen and oxygen atoms in total. The molecule has 6 N–H and O–H groups in total. The van der Waals surface area contributed by atoms with Crippen LogP contribution in [0.1, 0.15) is 24.5 Å². The van der Waals surface area contributed by atoms with Gasteiger partial charge in [-0.15, -0.1) is 0 Å². The van der Waals surface area contributed by atoms with Gasteiger partial charge in [-0.1, -0.05) is 12.1 Å². The molecule has 0 aliphatic carbocycles. The van der Waals surface area contributed by atoms with Crippen molar-refractivity contribution in [1.29, 1.82) is 0 Å². The fourth-order valence-corrected chi connectivity index (χ4v) is 1.08. The molecular formula is C12H17NO6. The van der Waals surface area contributed by atoms with E-state index in [2.05, 4.69) is 0 Å². The number of nitrogens with two attached hydrogens (primary N) is 1. The summed E-state index contributed by atoms with van der Waals surface area (Å²) >= 11 is 0. The number of aromatic hydroxyl groups is 1. The van der Waals surface area contributed by atoms with Gasteiger partial charge < -0.3 is 26.2 Å². The van der Waals surface area contributed by atoms with Crippen molar-refractivity contribution < 1.29 is 30.0 Å². The minimum absolute atomic E-state index is 0.148. The van der Waals surface area contributed by atoms with Crippen molar-refractivity contribution in [3.8, 4) is 5.75 Å². The lowest BCUT2D eigenvalue weighted by atomic mass is 10.1. The highest BCUT2D eigenvalue weighted by molar-refractivity contribution is 5.75. The Balaban J connectivity index is 0.000000362. The first kappa shape index (κ1) is 16.9. The van der Waals surface area contributed by atoms with Gasteiger partial charge in [0, 0.05) is 6.54 Å². The molecule has 0 amide bonds. The molecule has 0 fully saturated rings. The van der Waals surface area contributed by atoms with Crippen molar-refractivity contribution in [1.82, 2.24) is 0 Å². The average Bonchev–Trinajstić information content (AvgIpc) is 2.36. The van der Waals surface area contributed by atoms with Gasteiger partial charge in [0.05, 0.1) is 18.9 Å². The Morgan fingerprint density at radius 2 is 1.68 bits per heavy atom. The minimum atomic E-state index is -1.08. The summed E-state index contributed by atoms with van der Waals surface area (Å²) in [5.74, 6) is -2.00. The number of benzene rings is 1. The van der Waals surface area contributed by atoms with Gasteiger partial charge >= 0.3 is 11.9 Å². The van der Waals surface area contributed by atoms with Gasteiger partial charge in [-0.25, -0.2) is 0 Å². The molecule has 0 aromatic heterocycles. The summed E-state index contributed by atoms with van der Waals surface area (Å²) in [5.41, 5.74) is 5.87. The SMILES string of the molecule is NCC(O)c1cccc(O)c1.O=C(O)CCC(=O)O. The normalized spacial score (nSPS) is 11.1. The van der Waals surface area contributed by atoms with Crippen molar-refractivity contribution in [3.63, 3.8) is 0 Å². The average molecular weight is 271 g/mol. The van der Waals surface area contributed by atoms with Gasteiger partial charge in [0.25, 0.3) is 0 Å². The minimum Gasteiger partial charge on any atom is -0.508 e. The number of phenolic OH excluding ortho intramolecular Hbond substituents is 1. The lowest BCUT2D eigenvalue weighted by Gasteiger charge is -2.06. The van der Waals surface area contributed by atoms with Crippen LogP contribution in [0.25, 0.3) is 0 Å². The molecule has 0 heterocycles. The van der Waals surface area contributed by atoms with Gasteiger partial charge in [-0.3, -0.25) is 9.59 Å². The summed E-state index contributed by atoms with van der Waals surface area (Å²) in [6, 6.07) is 6.44. The molecule has 0 bridgehead atoms. The molecule has 1 aromatic carbocycles. The maximum atomic E-state index is 9.64. The van der Waals surface area contributed by atoms with E-state index in [-0.39, 0.29) is 25.1 Å². The third-order valence-corrected chi connectivity index (χ3v) is 2.03. The zero-order valence-electron chi connectivity index (χ0n) is 10.2. The number of rotatable bonds is 5. The Morgan fingerprint density at radius 3 is 2.05 bits per heavy atom. The Labute approximate surface area is 109 Å². The smallest absolute Gasteiger partial charge is 0.303 e. The van der Waals surface area contributed by atoms with Crippen LogP contribution in [0.15, 0.2) is 24.3 Å². The standard InChI is InChI=1S/C8H11NO2.C4H6O4/c9-5-8(11)6-2-1-3-7(10)4-6;5-3(6)1-2-4(7)8/h1-4,8,10-11H,5,9H2;1-2H2,(H,5,6)(H,7,8). The van der Waals surface area contributed by atoms with Gasteiger partial charge in [0.2, 0.25) is 0 Å². The highest BCUT2D eigenvalue weighted by Gasteiger charge is 2.03. The van der Waals surface area contributed by atoms with Crippen molar-refractivity contribution in [2.24, 2.45) is 5.73 Å². The molecule has 106 valence electrons. The number of aliphatic hydroxyl groups is 1. The Kier molecular flexibility index (Phi) is 7.90. The molecule has 1 aromatic rings. The van der Waals surface area contributed by atoms with E-state index in [1.807, 2.05) is 0 Å². The van der Waals surface area contributed by atoms with Crippen LogP contribution in [0.5, 0.6) is 5.75 Å². The second-order valence-electron chi connectivity index (χ2n) is 3.63. The summed E-state index contributed by atoms with van der Waals surface area (Å²) in [5, 5.41) is 34.0. The number of phenols is 1. The highest BCUT2D eigenvalue weighted by Crippen LogP contribution is 2.16. The van der Waals surface area contributed by atoms with Gasteiger partial charge in [0.1, 0.15) is 5.75 Å². The topological polar surface area (TPSA) is 141 Å². The molecule has 0 spiro atoms. The van der Waals surface area contributed by atoms with Crippen molar-refractivity contribution in [2.75, 3.05) is 6.54 Å². The molecular weight excluding hydrogens is 254 g/mol. The summed E-state index contributed by atoms with van der Waals surface area (Å²) in [6.07, 6.45) is -1.27. The largest absolute Gasteiger partial charge is 0.508 e. The summed E-state index contributed by atoms with van der Waals surface area (Å²) in [7, 11) is 0. The van der Waals surface area contributed by atoms with E-state index in [9.17, 15) is 14.7 Å². The van der Waals surface area contributed by atoms with Crippen molar-refractivity contribution in [3.05, 3.63) is 29.8 Å². The van der Waals surface area contributed by atoms with Crippen LogP contribution < -0.4 is 5.73 Å². The third-order valence-electron chi connectivity index (χ3n) is 2.03. The zero-order valence-corrected chi connectivity index (χ0v) is 10.2.